The molecule has 2 rings (SSSR count). The second-order valence-corrected chi connectivity index (χ2v) is 4.48. The van der Waals surface area contributed by atoms with Gasteiger partial charge in [-0.25, -0.2) is 0 Å². The SMILES string of the molecule is Cn1ccc(CNC(=O)/C=C\c2ccc(OC(F)F)cc2)n1. The largest absolute Gasteiger partial charge is 0.435 e. The summed E-state index contributed by atoms with van der Waals surface area (Å²) in [5.41, 5.74) is 1.47. The van der Waals surface area contributed by atoms with Gasteiger partial charge in [0.2, 0.25) is 5.91 Å². The third kappa shape index (κ3) is 5.01. The van der Waals surface area contributed by atoms with Gasteiger partial charge in [0.15, 0.2) is 0 Å². The monoisotopic (exact) mass is 307 g/mol. The van der Waals surface area contributed by atoms with Crippen LogP contribution in [0, 0.1) is 0 Å². The number of nitrogens with zero attached hydrogens (tertiary/aromatic N) is 2. The fourth-order valence-corrected chi connectivity index (χ4v) is 1.73. The number of nitrogens with one attached hydrogen (secondary N) is 1. The summed E-state index contributed by atoms with van der Waals surface area (Å²) in [5.74, 6) is -0.190. The number of rotatable bonds is 6. The van der Waals surface area contributed by atoms with E-state index < -0.39 is 6.61 Å². The molecule has 0 saturated carbocycles. The standard InChI is InChI=1S/C15H15F2N3O2/c1-20-9-8-12(19-20)10-18-14(21)7-4-11-2-5-13(6-3-11)22-15(16)17/h2-9,15H,10H2,1H3,(H,18,21)/b7-4-. The Bertz CT molecular complexity index is 651. The van der Waals surface area contributed by atoms with Crippen LogP contribution in [-0.4, -0.2) is 22.3 Å². The van der Waals surface area contributed by atoms with Gasteiger partial charge in [0, 0.05) is 19.3 Å². The van der Waals surface area contributed by atoms with Crippen molar-refractivity contribution in [2.75, 3.05) is 0 Å². The van der Waals surface area contributed by atoms with Crippen LogP contribution in [0.2, 0.25) is 0 Å². The molecule has 0 fully saturated rings. The van der Waals surface area contributed by atoms with Crippen molar-refractivity contribution in [1.82, 2.24) is 15.1 Å². The van der Waals surface area contributed by atoms with Crippen LogP contribution in [0.25, 0.3) is 6.08 Å². The van der Waals surface area contributed by atoms with Gasteiger partial charge in [-0.05, 0) is 29.8 Å². The number of hydrogen-bond donors (Lipinski definition) is 1. The lowest BCUT2D eigenvalue weighted by molar-refractivity contribution is -0.116. The molecule has 0 radical (unpaired) electrons. The molecule has 7 heteroatoms. The zero-order chi connectivity index (χ0) is 15.9. The molecular weight excluding hydrogens is 292 g/mol. The molecule has 1 aromatic heterocycles. The normalized spacial score (nSPS) is 11.1. The second kappa shape index (κ2) is 7.35. The summed E-state index contributed by atoms with van der Waals surface area (Å²) in [6, 6.07) is 7.81. The van der Waals surface area contributed by atoms with Crippen LogP contribution in [-0.2, 0) is 18.4 Å². The Morgan fingerprint density at radius 1 is 1.36 bits per heavy atom. The van der Waals surface area contributed by atoms with Crippen LogP contribution in [0.3, 0.4) is 0 Å². The number of amides is 1. The quantitative estimate of drug-likeness (QED) is 0.834. The Hall–Kier alpha value is -2.70. The van der Waals surface area contributed by atoms with Crippen LogP contribution >= 0.6 is 0 Å². The van der Waals surface area contributed by atoms with E-state index in [4.69, 9.17) is 0 Å². The van der Waals surface area contributed by atoms with E-state index in [0.29, 0.717) is 12.1 Å². The number of aryl methyl sites for hydroxylation is 1. The van der Waals surface area contributed by atoms with Gasteiger partial charge in [0.1, 0.15) is 5.75 Å². The van der Waals surface area contributed by atoms with E-state index in [9.17, 15) is 13.6 Å². The van der Waals surface area contributed by atoms with Crippen molar-refractivity contribution >= 4 is 12.0 Å². The van der Waals surface area contributed by atoms with Gasteiger partial charge in [-0.15, -0.1) is 0 Å². The first-order valence-corrected chi connectivity index (χ1v) is 6.52. The zero-order valence-corrected chi connectivity index (χ0v) is 11.9. The molecule has 0 spiro atoms. The van der Waals surface area contributed by atoms with E-state index in [2.05, 4.69) is 15.2 Å². The lowest BCUT2D eigenvalue weighted by Gasteiger charge is -2.03. The number of carbonyl (C=O) groups excluding carboxylic acids is 1. The Balaban J connectivity index is 1.84. The maximum atomic E-state index is 12.0. The third-order valence-electron chi connectivity index (χ3n) is 2.75. The van der Waals surface area contributed by atoms with Crippen molar-refractivity contribution in [1.29, 1.82) is 0 Å². The summed E-state index contributed by atoms with van der Waals surface area (Å²) in [6.07, 6.45) is 4.74. The fraction of sp³-hybridized carbons (Fsp3) is 0.200. The average Bonchev–Trinajstić information content (AvgIpc) is 2.89. The second-order valence-electron chi connectivity index (χ2n) is 4.48. The maximum Gasteiger partial charge on any atom is 0.387 e. The summed E-state index contributed by atoms with van der Waals surface area (Å²) in [4.78, 5) is 11.7. The maximum absolute atomic E-state index is 12.0. The molecular formula is C15H15F2N3O2. The summed E-state index contributed by atoms with van der Waals surface area (Å²) in [6.45, 7) is -2.51. The topological polar surface area (TPSA) is 56.2 Å². The van der Waals surface area contributed by atoms with Gasteiger partial charge >= 0.3 is 6.61 Å². The number of alkyl halides is 2. The number of benzene rings is 1. The van der Waals surface area contributed by atoms with Gasteiger partial charge in [-0.1, -0.05) is 12.1 Å². The molecule has 0 unspecified atom stereocenters. The highest BCUT2D eigenvalue weighted by molar-refractivity contribution is 5.91. The first-order chi connectivity index (χ1) is 10.5. The Kier molecular flexibility index (Phi) is 5.24. The van der Waals surface area contributed by atoms with Crippen LogP contribution < -0.4 is 10.1 Å². The molecule has 5 nitrogen and oxygen atoms in total. The Morgan fingerprint density at radius 3 is 2.68 bits per heavy atom. The van der Waals surface area contributed by atoms with E-state index in [1.807, 2.05) is 6.07 Å². The first kappa shape index (κ1) is 15.7. The van der Waals surface area contributed by atoms with Crippen molar-refractivity contribution in [2.24, 2.45) is 7.05 Å². The molecule has 22 heavy (non-hydrogen) atoms. The van der Waals surface area contributed by atoms with Crippen molar-refractivity contribution in [3.63, 3.8) is 0 Å². The molecule has 0 bridgehead atoms. The molecule has 2 aromatic rings. The average molecular weight is 307 g/mol. The van der Waals surface area contributed by atoms with E-state index in [1.54, 1.807) is 36.1 Å². The lowest BCUT2D eigenvalue weighted by atomic mass is 10.2. The highest BCUT2D eigenvalue weighted by Gasteiger charge is 2.03. The van der Waals surface area contributed by atoms with Gasteiger partial charge in [-0.2, -0.15) is 13.9 Å². The van der Waals surface area contributed by atoms with Gasteiger partial charge in [0.25, 0.3) is 0 Å². The van der Waals surface area contributed by atoms with E-state index in [-0.39, 0.29) is 11.7 Å². The van der Waals surface area contributed by atoms with Crippen molar-refractivity contribution in [3.8, 4) is 5.75 Å². The van der Waals surface area contributed by atoms with Crippen LogP contribution in [0.1, 0.15) is 11.3 Å². The number of halogens is 2. The van der Waals surface area contributed by atoms with Gasteiger partial charge < -0.3 is 10.1 Å². The van der Waals surface area contributed by atoms with Crippen molar-refractivity contribution < 1.29 is 18.3 Å². The molecule has 1 N–H and O–H groups in total. The van der Waals surface area contributed by atoms with Crippen molar-refractivity contribution in [3.05, 3.63) is 53.9 Å². The van der Waals surface area contributed by atoms with Crippen LogP contribution in [0.15, 0.2) is 42.6 Å². The lowest BCUT2D eigenvalue weighted by Crippen LogP contribution is -2.20. The molecule has 1 aromatic carbocycles. The Labute approximate surface area is 126 Å². The smallest absolute Gasteiger partial charge is 0.387 e. The predicted octanol–water partition coefficient (Wildman–Crippen LogP) is 2.35. The van der Waals surface area contributed by atoms with Gasteiger partial charge in [0.05, 0.1) is 12.2 Å². The van der Waals surface area contributed by atoms with Crippen LogP contribution in [0.4, 0.5) is 8.78 Å². The predicted molar refractivity (Wildman–Crippen MR) is 77.2 cm³/mol. The number of ether oxygens (including phenoxy) is 1. The molecule has 0 atom stereocenters. The minimum atomic E-state index is -2.85. The summed E-state index contributed by atoms with van der Waals surface area (Å²) in [5, 5.41) is 6.83. The zero-order valence-electron chi connectivity index (χ0n) is 11.9. The van der Waals surface area contributed by atoms with E-state index >= 15 is 0 Å². The molecule has 0 aliphatic carbocycles. The summed E-state index contributed by atoms with van der Waals surface area (Å²) >= 11 is 0. The minimum Gasteiger partial charge on any atom is -0.435 e. The number of aromatic nitrogens is 2. The highest BCUT2D eigenvalue weighted by Crippen LogP contribution is 2.15. The molecule has 0 aliphatic rings. The first-order valence-electron chi connectivity index (χ1n) is 6.52. The minimum absolute atomic E-state index is 0.0757. The summed E-state index contributed by atoms with van der Waals surface area (Å²) in [7, 11) is 1.80. The molecule has 0 aliphatic heterocycles. The molecule has 116 valence electrons. The number of hydrogen-bond acceptors (Lipinski definition) is 3. The van der Waals surface area contributed by atoms with Crippen molar-refractivity contribution in [2.45, 2.75) is 13.2 Å². The molecule has 0 saturated heterocycles. The molecule has 1 heterocycles. The third-order valence-corrected chi connectivity index (χ3v) is 2.75. The van der Waals surface area contributed by atoms with Crippen LogP contribution in [0.5, 0.6) is 5.75 Å². The van der Waals surface area contributed by atoms with E-state index in [0.717, 1.165) is 5.69 Å². The van der Waals surface area contributed by atoms with Gasteiger partial charge in [-0.3, -0.25) is 9.48 Å². The highest BCUT2D eigenvalue weighted by atomic mass is 19.3. The molecule has 1 amide bonds. The Morgan fingerprint density at radius 2 is 2.09 bits per heavy atom. The fourth-order valence-electron chi connectivity index (χ4n) is 1.73. The number of carbonyl (C=O) groups is 1. The van der Waals surface area contributed by atoms with E-state index in [1.165, 1.54) is 18.2 Å². The summed E-state index contributed by atoms with van der Waals surface area (Å²) < 4.78 is 29.9.